The molecule has 1 saturated heterocycles. The van der Waals surface area contributed by atoms with E-state index in [2.05, 4.69) is 22.9 Å². The number of halogens is 2. The van der Waals surface area contributed by atoms with Gasteiger partial charge in [0.05, 0.1) is 0 Å². The van der Waals surface area contributed by atoms with Crippen LogP contribution in [-0.4, -0.2) is 37.0 Å². The summed E-state index contributed by atoms with van der Waals surface area (Å²) in [6.45, 7) is 9.38. The summed E-state index contributed by atoms with van der Waals surface area (Å²) in [6.07, 6.45) is 3.98. The molecule has 6 heteroatoms. The Morgan fingerprint density at radius 2 is 2.09 bits per heavy atom. The van der Waals surface area contributed by atoms with Gasteiger partial charge in [0.25, 0.3) is 0 Å². The molecule has 1 aliphatic rings. The second kappa shape index (κ2) is 11.5. The van der Waals surface area contributed by atoms with E-state index in [9.17, 15) is 4.79 Å². The maximum atomic E-state index is 11.1. The number of hydrogen-bond acceptors (Lipinski definition) is 4. The zero-order valence-electron chi connectivity index (χ0n) is 13.5. The van der Waals surface area contributed by atoms with Gasteiger partial charge in [-0.05, 0) is 30.5 Å². The summed E-state index contributed by atoms with van der Waals surface area (Å²) >= 11 is 0. The molecule has 0 amide bonds. The highest BCUT2D eigenvalue weighted by Crippen LogP contribution is 2.28. The normalized spacial score (nSPS) is 15.7. The topological polar surface area (TPSA) is 41.6 Å². The van der Waals surface area contributed by atoms with Gasteiger partial charge in [-0.3, -0.25) is 9.69 Å². The van der Waals surface area contributed by atoms with Crippen LogP contribution in [-0.2, 0) is 4.79 Å². The summed E-state index contributed by atoms with van der Waals surface area (Å²) in [4.78, 5) is 13.6. The molecule has 1 atom stereocenters. The van der Waals surface area contributed by atoms with Crippen molar-refractivity contribution in [3.8, 4) is 5.75 Å². The van der Waals surface area contributed by atoms with Gasteiger partial charge in [-0.25, -0.2) is 0 Å². The summed E-state index contributed by atoms with van der Waals surface area (Å²) in [5.41, 5.74) is 1.21. The van der Waals surface area contributed by atoms with Crippen LogP contribution in [0.15, 0.2) is 36.9 Å². The lowest BCUT2D eigenvalue weighted by molar-refractivity contribution is -0.131. The van der Waals surface area contributed by atoms with Crippen molar-refractivity contribution in [2.45, 2.75) is 25.8 Å². The molecule has 2 rings (SSSR count). The zero-order valence-corrected chi connectivity index (χ0v) is 15.1. The molecular weight excluding hydrogens is 335 g/mol. The predicted molar refractivity (Wildman–Crippen MR) is 98.9 cm³/mol. The summed E-state index contributed by atoms with van der Waals surface area (Å²) in [5, 5.41) is 3.38. The Morgan fingerprint density at radius 1 is 1.39 bits per heavy atom. The van der Waals surface area contributed by atoms with E-state index in [-0.39, 0.29) is 30.8 Å². The summed E-state index contributed by atoms with van der Waals surface area (Å²) in [5.74, 6) is 0.343. The number of allylic oxidation sites excluding steroid dienone is 1. The first-order valence-corrected chi connectivity index (χ1v) is 7.54. The van der Waals surface area contributed by atoms with Gasteiger partial charge >= 0.3 is 5.97 Å². The Labute approximate surface area is 151 Å². The maximum Gasteiger partial charge on any atom is 0.308 e. The first kappa shape index (κ1) is 21.9. The van der Waals surface area contributed by atoms with Gasteiger partial charge in [0.2, 0.25) is 0 Å². The number of piperazine rings is 1. The monoisotopic (exact) mass is 360 g/mol. The van der Waals surface area contributed by atoms with Gasteiger partial charge in [0, 0.05) is 39.1 Å². The molecule has 0 saturated carbocycles. The molecule has 0 unspecified atom stereocenters. The standard InChI is InChI=1S/C17H24N2O2.2ClH/c1-3-4-8-17(19-11-9-18-10-12-19)15-6-5-7-16(13-15)21-14(2)20;;/h3,5-7,13,17-18H,1,4,8-12H2,2H3;2*1H/t17-;;/m1../s1. The number of carbonyl (C=O) groups excluding carboxylic acids is 1. The van der Waals surface area contributed by atoms with E-state index in [4.69, 9.17) is 4.74 Å². The molecule has 0 bridgehead atoms. The lowest BCUT2D eigenvalue weighted by Crippen LogP contribution is -2.45. The smallest absolute Gasteiger partial charge is 0.308 e. The minimum Gasteiger partial charge on any atom is -0.427 e. The molecule has 130 valence electrons. The highest BCUT2D eigenvalue weighted by molar-refractivity contribution is 5.85. The first-order valence-electron chi connectivity index (χ1n) is 7.54. The lowest BCUT2D eigenvalue weighted by atomic mass is 9.99. The zero-order chi connectivity index (χ0) is 15.1. The third kappa shape index (κ3) is 6.92. The third-order valence-corrected chi connectivity index (χ3v) is 3.74. The third-order valence-electron chi connectivity index (χ3n) is 3.74. The SMILES string of the molecule is C=CCC[C@H](c1cccc(OC(C)=O)c1)N1CCNCC1.Cl.Cl. The van der Waals surface area contributed by atoms with Crippen molar-refractivity contribution in [1.29, 1.82) is 0 Å². The van der Waals surface area contributed by atoms with Crippen LogP contribution in [0.25, 0.3) is 0 Å². The van der Waals surface area contributed by atoms with Crippen molar-refractivity contribution in [3.63, 3.8) is 0 Å². The van der Waals surface area contributed by atoms with Crippen LogP contribution < -0.4 is 10.1 Å². The number of esters is 1. The molecule has 1 heterocycles. The average Bonchev–Trinajstić information content (AvgIpc) is 2.48. The summed E-state index contributed by atoms with van der Waals surface area (Å²) in [7, 11) is 0. The number of hydrogen-bond donors (Lipinski definition) is 1. The predicted octanol–water partition coefficient (Wildman–Crippen LogP) is 3.37. The van der Waals surface area contributed by atoms with Crippen LogP contribution in [0.1, 0.15) is 31.4 Å². The van der Waals surface area contributed by atoms with Crippen molar-refractivity contribution in [3.05, 3.63) is 42.5 Å². The summed E-state index contributed by atoms with van der Waals surface area (Å²) in [6, 6.07) is 8.23. The van der Waals surface area contributed by atoms with Gasteiger partial charge in [-0.2, -0.15) is 0 Å². The molecule has 1 aliphatic heterocycles. The highest BCUT2D eigenvalue weighted by atomic mass is 35.5. The van der Waals surface area contributed by atoms with E-state index in [0.717, 1.165) is 39.0 Å². The molecule has 0 aliphatic carbocycles. The maximum absolute atomic E-state index is 11.1. The summed E-state index contributed by atoms with van der Waals surface area (Å²) < 4.78 is 5.21. The fourth-order valence-electron chi connectivity index (χ4n) is 2.78. The lowest BCUT2D eigenvalue weighted by Gasteiger charge is -2.35. The molecule has 0 radical (unpaired) electrons. The number of benzene rings is 1. The molecule has 0 aromatic heterocycles. The highest BCUT2D eigenvalue weighted by Gasteiger charge is 2.21. The fourth-order valence-corrected chi connectivity index (χ4v) is 2.78. The number of rotatable bonds is 6. The van der Waals surface area contributed by atoms with Crippen LogP contribution in [0.3, 0.4) is 0 Å². The molecule has 1 aromatic rings. The van der Waals surface area contributed by atoms with Crippen LogP contribution in [0.4, 0.5) is 0 Å². The van der Waals surface area contributed by atoms with Crippen LogP contribution in [0.2, 0.25) is 0 Å². The van der Waals surface area contributed by atoms with Crippen molar-refractivity contribution in [2.75, 3.05) is 26.2 Å². The van der Waals surface area contributed by atoms with Gasteiger partial charge in [0.1, 0.15) is 5.75 Å². The molecule has 1 aromatic carbocycles. The second-order valence-corrected chi connectivity index (χ2v) is 5.33. The first-order chi connectivity index (χ1) is 10.2. The Kier molecular flexibility index (Phi) is 10.9. The largest absolute Gasteiger partial charge is 0.427 e. The van der Waals surface area contributed by atoms with E-state index >= 15 is 0 Å². The van der Waals surface area contributed by atoms with Crippen molar-refractivity contribution in [1.82, 2.24) is 10.2 Å². The Morgan fingerprint density at radius 3 is 2.70 bits per heavy atom. The van der Waals surface area contributed by atoms with Crippen molar-refractivity contribution >= 4 is 30.8 Å². The molecule has 0 spiro atoms. The van der Waals surface area contributed by atoms with Crippen molar-refractivity contribution in [2.24, 2.45) is 0 Å². The molecular formula is C17H26Cl2N2O2. The number of nitrogens with one attached hydrogen (secondary N) is 1. The molecule has 1 N–H and O–H groups in total. The van der Waals surface area contributed by atoms with Crippen LogP contribution in [0.5, 0.6) is 5.75 Å². The van der Waals surface area contributed by atoms with E-state index in [1.54, 1.807) is 0 Å². The van der Waals surface area contributed by atoms with E-state index in [0.29, 0.717) is 11.8 Å². The Hall–Kier alpha value is -1.07. The van der Waals surface area contributed by atoms with Crippen LogP contribution >= 0.6 is 24.8 Å². The number of nitrogens with zero attached hydrogens (tertiary/aromatic N) is 1. The molecule has 4 nitrogen and oxygen atoms in total. The van der Waals surface area contributed by atoms with Gasteiger partial charge in [-0.15, -0.1) is 31.4 Å². The minimum absolute atomic E-state index is 0. The van der Waals surface area contributed by atoms with E-state index < -0.39 is 0 Å². The van der Waals surface area contributed by atoms with Crippen LogP contribution in [0, 0.1) is 0 Å². The number of ether oxygens (including phenoxy) is 1. The fraction of sp³-hybridized carbons (Fsp3) is 0.471. The van der Waals surface area contributed by atoms with Gasteiger partial charge < -0.3 is 10.1 Å². The second-order valence-electron chi connectivity index (χ2n) is 5.33. The van der Waals surface area contributed by atoms with Crippen molar-refractivity contribution < 1.29 is 9.53 Å². The molecule has 1 fully saturated rings. The van der Waals surface area contributed by atoms with Gasteiger partial charge in [-0.1, -0.05) is 18.2 Å². The molecule has 23 heavy (non-hydrogen) atoms. The van der Waals surface area contributed by atoms with E-state index in [1.165, 1.54) is 12.5 Å². The minimum atomic E-state index is -0.281. The Bertz CT molecular complexity index is 491. The van der Waals surface area contributed by atoms with E-state index in [1.807, 2.05) is 24.3 Å². The quantitative estimate of drug-likeness (QED) is 0.479. The van der Waals surface area contributed by atoms with Gasteiger partial charge in [0.15, 0.2) is 0 Å². The average molecular weight is 361 g/mol. The number of carbonyl (C=O) groups is 1. The Balaban J connectivity index is 0.00000242.